The van der Waals surface area contributed by atoms with E-state index >= 15 is 0 Å². The van der Waals surface area contributed by atoms with E-state index in [1.165, 1.54) is 135 Å². The van der Waals surface area contributed by atoms with Crippen molar-refractivity contribution >= 4 is 19.8 Å². The highest BCUT2D eigenvalue weighted by molar-refractivity contribution is 7.47. The summed E-state index contributed by atoms with van der Waals surface area (Å²) in [6.07, 6.45) is 52.1. The fraction of sp³-hybridized carbons (Fsp3) is 0.837. The van der Waals surface area contributed by atoms with Crippen LogP contribution in [0.1, 0.15) is 239 Å². The predicted molar refractivity (Wildman–Crippen MR) is 244 cm³/mol. The lowest BCUT2D eigenvalue weighted by Crippen LogP contribution is -2.29. The third-order valence-electron chi connectivity index (χ3n) is 10.5. The summed E-state index contributed by atoms with van der Waals surface area (Å²) in [7, 11) is -4.28. The molecule has 0 radical (unpaired) electrons. The van der Waals surface area contributed by atoms with Gasteiger partial charge in [-0.2, -0.15) is 0 Å². The van der Waals surface area contributed by atoms with Gasteiger partial charge in [-0.3, -0.25) is 18.6 Å². The Morgan fingerprint density at radius 3 is 1.33 bits per heavy atom. The Morgan fingerprint density at radius 1 is 0.483 bits per heavy atom. The monoisotopic (exact) mass is 839 g/mol. The average molecular weight is 839 g/mol. The number of unbranched alkanes of at least 4 members (excludes halogenated alkanes) is 27. The van der Waals surface area contributed by atoms with Gasteiger partial charge in [0.25, 0.3) is 0 Å². The van der Waals surface area contributed by atoms with Gasteiger partial charge in [0, 0.05) is 12.8 Å². The summed E-state index contributed by atoms with van der Waals surface area (Å²) in [5.41, 5.74) is 0. The van der Waals surface area contributed by atoms with E-state index in [4.69, 9.17) is 18.5 Å². The van der Waals surface area contributed by atoms with Crippen LogP contribution in [-0.4, -0.2) is 42.8 Å². The first-order chi connectivity index (χ1) is 28.3. The third kappa shape index (κ3) is 43.8. The van der Waals surface area contributed by atoms with Gasteiger partial charge in [0.15, 0.2) is 6.10 Å². The Morgan fingerprint density at radius 2 is 0.879 bits per heavy atom. The van der Waals surface area contributed by atoms with Crippen molar-refractivity contribution in [2.24, 2.45) is 0 Å². The second-order valence-electron chi connectivity index (χ2n) is 16.1. The van der Waals surface area contributed by atoms with Gasteiger partial charge in [-0.05, 0) is 51.9 Å². The highest BCUT2D eigenvalue weighted by Gasteiger charge is 2.25. The minimum absolute atomic E-state index is 0.000777. The molecule has 0 amide bonds. The number of carbonyl (C=O) groups is 2. The Kier molecular flexibility index (Phi) is 43.5. The zero-order valence-electron chi connectivity index (χ0n) is 38.0. The Balaban J connectivity index is 3.98. The van der Waals surface area contributed by atoms with E-state index in [0.29, 0.717) is 12.8 Å². The van der Waals surface area contributed by atoms with Gasteiger partial charge < -0.3 is 14.4 Å². The van der Waals surface area contributed by atoms with Crippen molar-refractivity contribution in [2.75, 3.05) is 19.8 Å². The molecule has 1 N–H and O–H groups in total. The molecule has 340 valence electrons. The second kappa shape index (κ2) is 44.8. The molecule has 0 heterocycles. The van der Waals surface area contributed by atoms with Crippen LogP contribution in [0.3, 0.4) is 0 Å². The summed E-state index contributed by atoms with van der Waals surface area (Å²) in [6.45, 7) is 5.39. The smallest absolute Gasteiger partial charge is 0.462 e. The number of carbonyl (C=O) groups excluding carboxylic acids is 2. The molecule has 0 aliphatic heterocycles. The fourth-order valence-corrected chi connectivity index (χ4v) is 7.70. The number of allylic oxidation sites excluding steroid dienone is 6. The van der Waals surface area contributed by atoms with Crippen molar-refractivity contribution in [3.05, 3.63) is 36.5 Å². The minimum Gasteiger partial charge on any atom is -0.462 e. The quantitative estimate of drug-likeness (QED) is 0.0279. The normalized spacial score (nSPS) is 13.5. The average Bonchev–Trinajstić information content (AvgIpc) is 3.20. The van der Waals surface area contributed by atoms with Crippen LogP contribution in [0.25, 0.3) is 0 Å². The minimum atomic E-state index is -4.28. The van der Waals surface area contributed by atoms with E-state index in [9.17, 15) is 19.0 Å². The standard InChI is InChI=1S/C49H91O8P/c1-4-7-9-11-13-15-17-19-21-23-24-25-26-28-29-31-33-35-37-39-41-43-48(50)54-45-47(46-56-58(52,53)55-6-3)57-49(51)44-42-40-38-36-34-32-30-27-22-20-18-16-14-12-10-8-5-2/h8,10,14,16,20,22,47H,4-7,9,11-13,15,17-19,21,23-46H2,1-3H3,(H,52,53)/b10-8-,16-14-,22-20-. The molecule has 0 bridgehead atoms. The number of phosphoric acid groups is 1. The van der Waals surface area contributed by atoms with Crippen molar-refractivity contribution in [3.8, 4) is 0 Å². The summed E-state index contributed by atoms with van der Waals surface area (Å²) < 4.78 is 32.7. The zero-order valence-corrected chi connectivity index (χ0v) is 38.9. The number of rotatable bonds is 45. The van der Waals surface area contributed by atoms with Gasteiger partial charge in [-0.1, -0.05) is 211 Å². The van der Waals surface area contributed by atoms with Crippen LogP contribution >= 0.6 is 7.82 Å². The van der Waals surface area contributed by atoms with Gasteiger partial charge in [0.05, 0.1) is 13.2 Å². The van der Waals surface area contributed by atoms with E-state index in [2.05, 4.69) is 50.3 Å². The number of esters is 2. The molecule has 0 aromatic heterocycles. The number of ether oxygens (including phenoxy) is 2. The molecule has 0 saturated heterocycles. The maximum atomic E-state index is 12.6. The van der Waals surface area contributed by atoms with Crippen LogP contribution < -0.4 is 0 Å². The van der Waals surface area contributed by atoms with E-state index in [1.54, 1.807) is 6.92 Å². The van der Waals surface area contributed by atoms with E-state index < -0.39 is 26.5 Å². The SMILES string of the molecule is CC/C=C\C/C=C\C/C=C\CCCCCCCCCC(=O)OC(COC(=O)CCCCCCCCCCCCCCCCCCCCCCC)COP(=O)(O)OCC. The molecular weight excluding hydrogens is 748 g/mol. The van der Waals surface area contributed by atoms with Gasteiger partial charge in [-0.25, -0.2) is 4.57 Å². The number of phosphoric ester groups is 1. The molecule has 2 atom stereocenters. The largest absolute Gasteiger partial charge is 0.472 e. The summed E-state index contributed by atoms with van der Waals surface area (Å²) in [5, 5.41) is 0. The molecule has 0 rings (SSSR count). The summed E-state index contributed by atoms with van der Waals surface area (Å²) in [5.74, 6) is -0.799. The van der Waals surface area contributed by atoms with E-state index in [0.717, 1.165) is 64.2 Å². The first-order valence-electron chi connectivity index (χ1n) is 24.3. The molecule has 0 fully saturated rings. The van der Waals surface area contributed by atoms with Crippen molar-refractivity contribution in [1.29, 1.82) is 0 Å². The van der Waals surface area contributed by atoms with Gasteiger partial charge >= 0.3 is 19.8 Å². The van der Waals surface area contributed by atoms with Crippen LogP contribution in [0, 0.1) is 0 Å². The van der Waals surface area contributed by atoms with Crippen LogP contribution in [0.5, 0.6) is 0 Å². The molecule has 0 saturated carbocycles. The topological polar surface area (TPSA) is 108 Å². The first-order valence-corrected chi connectivity index (χ1v) is 25.8. The van der Waals surface area contributed by atoms with Crippen LogP contribution in [0.2, 0.25) is 0 Å². The molecule has 0 spiro atoms. The Bertz CT molecular complexity index is 1040. The Labute approximate surface area is 357 Å². The zero-order chi connectivity index (χ0) is 42.5. The van der Waals surface area contributed by atoms with Gasteiger partial charge in [0.1, 0.15) is 6.61 Å². The highest BCUT2D eigenvalue weighted by Crippen LogP contribution is 2.43. The maximum Gasteiger partial charge on any atom is 0.472 e. The predicted octanol–water partition coefficient (Wildman–Crippen LogP) is 15.6. The number of hydrogen-bond acceptors (Lipinski definition) is 7. The molecule has 58 heavy (non-hydrogen) atoms. The summed E-state index contributed by atoms with van der Waals surface area (Å²) in [6, 6.07) is 0. The highest BCUT2D eigenvalue weighted by atomic mass is 31.2. The first kappa shape index (κ1) is 56.3. The van der Waals surface area contributed by atoms with Crippen LogP contribution in [-0.2, 0) is 32.7 Å². The van der Waals surface area contributed by atoms with Crippen molar-refractivity contribution in [1.82, 2.24) is 0 Å². The van der Waals surface area contributed by atoms with Gasteiger partial charge in [-0.15, -0.1) is 0 Å². The lowest BCUT2D eigenvalue weighted by molar-refractivity contribution is -0.161. The summed E-state index contributed by atoms with van der Waals surface area (Å²) >= 11 is 0. The second-order valence-corrected chi connectivity index (χ2v) is 17.6. The Hall–Kier alpha value is -1.73. The fourth-order valence-electron chi connectivity index (χ4n) is 6.94. The lowest BCUT2D eigenvalue weighted by atomic mass is 10.0. The van der Waals surface area contributed by atoms with Crippen molar-refractivity contribution < 1.29 is 37.6 Å². The molecule has 0 aliphatic carbocycles. The molecule has 8 nitrogen and oxygen atoms in total. The van der Waals surface area contributed by atoms with E-state index in [1.807, 2.05) is 0 Å². The summed E-state index contributed by atoms with van der Waals surface area (Å²) in [4.78, 5) is 34.9. The maximum absolute atomic E-state index is 12.6. The number of hydrogen-bond donors (Lipinski definition) is 1. The van der Waals surface area contributed by atoms with Crippen LogP contribution in [0.4, 0.5) is 0 Å². The van der Waals surface area contributed by atoms with Crippen molar-refractivity contribution in [2.45, 2.75) is 245 Å². The molecule has 9 heteroatoms. The van der Waals surface area contributed by atoms with Crippen molar-refractivity contribution in [3.63, 3.8) is 0 Å². The van der Waals surface area contributed by atoms with E-state index in [-0.39, 0.29) is 25.6 Å². The van der Waals surface area contributed by atoms with Gasteiger partial charge in [0.2, 0.25) is 0 Å². The third-order valence-corrected chi connectivity index (χ3v) is 11.5. The molecule has 0 aliphatic rings. The molecule has 2 unspecified atom stereocenters. The molecular formula is C49H91O8P. The lowest BCUT2D eigenvalue weighted by Gasteiger charge is -2.19. The van der Waals surface area contributed by atoms with Crippen LogP contribution in [0.15, 0.2) is 36.5 Å². The molecule has 0 aromatic rings. The molecule has 0 aromatic carbocycles.